The second-order valence-corrected chi connectivity index (χ2v) is 4.83. The van der Waals surface area contributed by atoms with Gasteiger partial charge in [0, 0.05) is 9.58 Å². The molecule has 0 fully saturated rings. The molecule has 2 rings (SSSR count). The lowest BCUT2D eigenvalue weighted by molar-refractivity contribution is -0.136. The third kappa shape index (κ3) is 1.88. The summed E-state index contributed by atoms with van der Waals surface area (Å²) in [5.41, 5.74) is 0.912. The fourth-order valence-electron chi connectivity index (χ4n) is 1.75. The van der Waals surface area contributed by atoms with Gasteiger partial charge in [0.05, 0.1) is 13.5 Å². The molecular weight excluding hydrogens is 224 g/mol. The summed E-state index contributed by atoms with van der Waals surface area (Å²) >= 11 is 1.61. The largest absolute Gasteiger partial charge is 0.497 e. The highest BCUT2D eigenvalue weighted by Crippen LogP contribution is 2.33. The highest BCUT2D eigenvalue weighted by atomic mass is 32.1. The predicted octanol–water partition coefficient (Wildman–Crippen LogP) is 2.85. The standard InChI is InChI=1S/C12H12O3S/c1-7-10(6-12(13)14)9-4-3-8(15-2)5-11(9)16-7/h3-5H,6H2,1-2H3,(H,13,14). The van der Waals surface area contributed by atoms with Gasteiger partial charge in [0.25, 0.3) is 0 Å². The van der Waals surface area contributed by atoms with E-state index in [2.05, 4.69) is 0 Å². The Hall–Kier alpha value is -1.55. The van der Waals surface area contributed by atoms with Crippen molar-refractivity contribution in [3.8, 4) is 5.75 Å². The van der Waals surface area contributed by atoms with Gasteiger partial charge >= 0.3 is 5.97 Å². The van der Waals surface area contributed by atoms with Gasteiger partial charge in [-0.05, 0) is 36.1 Å². The molecule has 0 amide bonds. The highest BCUT2D eigenvalue weighted by molar-refractivity contribution is 7.19. The van der Waals surface area contributed by atoms with Gasteiger partial charge in [-0.1, -0.05) is 0 Å². The molecule has 4 heteroatoms. The summed E-state index contributed by atoms with van der Waals surface area (Å²) in [6, 6.07) is 5.73. The molecule has 1 aromatic heterocycles. The number of hydrogen-bond donors (Lipinski definition) is 1. The number of thiophene rings is 1. The van der Waals surface area contributed by atoms with Gasteiger partial charge in [-0.15, -0.1) is 11.3 Å². The average Bonchev–Trinajstić information content (AvgIpc) is 2.54. The van der Waals surface area contributed by atoms with Crippen molar-refractivity contribution in [3.05, 3.63) is 28.6 Å². The molecule has 0 aliphatic heterocycles. The number of rotatable bonds is 3. The molecule has 0 saturated carbocycles. The Balaban J connectivity index is 2.57. The molecule has 0 radical (unpaired) electrons. The van der Waals surface area contributed by atoms with Crippen molar-refractivity contribution in [2.75, 3.05) is 7.11 Å². The van der Waals surface area contributed by atoms with E-state index in [1.54, 1.807) is 18.4 Å². The van der Waals surface area contributed by atoms with Crippen LogP contribution in [0.2, 0.25) is 0 Å². The minimum Gasteiger partial charge on any atom is -0.497 e. The zero-order valence-corrected chi connectivity index (χ0v) is 9.93. The van der Waals surface area contributed by atoms with Crippen molar-refractivity contribution < 1.29 is 14.6 Å². The van der Waals surface area contributed by atoms with Gasteiger partial charge in [0.1, 0.15) is 5.75 Å². The maximum Gasteiger partial charge on any atom is 0.307 e. The molecule has 3 nitrogen and oxygen atoms in total. The van der Waals surface area contributed by atoms with Crippen LogP contribution in [0.4, 0.5) is 0 Å². The van der Waals surface area contributed by atoms with Gasteiger partial charge in [0.15, 0.2) is 0 Å². The predicted molar refractivity (Wildman–Crippen MR) is 64.5 cm³/mol. The number of ether oxygens (including phenoxy) is 1. The SMILES string of the molecule is COc1ccc2c(CC(=O)O)c(C)sc2c1. The van der Waals surface area contributed by atoms with E-state index in [4.69, 9.17) is 9.84 Å². The summed E-state index contributed by atoms with van der Waals surface area (Å²) in [6.45, 7) is 1.95. The van der Waals surface area contributed by atoms with E-state index in [1.165, 1.54) is 0 Å². The van der Waals surface area contributed by atoms with E-state index in [-0.39, 0.29) is 6.42 Å². The molecule has 16 heavy (non-hydrogen) atoms. The molecule has 2 aromatic rings. The lowest BCUT2D eigenvalue weighted by Gasteiger charge is -2.00. The molecule has 0 aliphatic rings. The van der Waals surface area contributed by atoms with E-state index < -0.39 is 5.97 Å². The van der Waals surface area contributed by atoms with Crippen LogP contribution in [0, 0.1) is 6.92 Å². The number of aryl methyl sites for hydroxylation is 1. The van der Waals surface area contributed by atoms with Crippen LogP contribution in [0.5, 0.6) is 5.75 Å². The first-order valence-corrected chi connectivity index (χ1v) is 5.71. The summed E-state index contributed by atoms with van der Waals surface area (Å²) < 4.78 is 6.22. The summed E-state index contributed by atoms with van der Waals surface area (Å²) in [4.78, 5) is 11.8. The smallest absolute Gasteiger partial charge is 0.307 e. The summed E-state index contributed by atoms with van der Waals surface area (Å²) in [5.74, 6) is 0.00856. The number of aliphatic carboxylic acids is 1. The van der Waals surface area contributed by atoms with Crippen LogP contribution in [-0.2, 0) is 11.2 Å². The van der Waals surface area contributed by atoms with Gasteiger partial charge in [0.2, 0.25) is 0 Å². The number of carbonyl (C=O) groups is 1. The van der Waals surface area contributed by atoms with E-state index in [1.807, 2.05) is 25.1 Å². The lowest BCUT2D eigenvalue weighted by Crippen LogP contribution is -2.00. The van der Waals surface area contributed by atoms with Crippen molar-refractivity contribution in [3.63, 3.8) is 0 Å². The Morgan fingerprint density at radius 3 is 2.88 bits per heavy atom. The third-order valence-electron chi connectivity index (χ3n) is 2.53. The minimum atomic E-state index is -0.793. The number of carboxylic acids is 1. The van der Waals surface area contributed by atoms with Gasteiger partial charge in [-0.3, -0.25) is 4.79 Å². The number of fused-ring (bicyclic) bond motifs is 1. The minimum absolute atomic E-state index is 0.0815. The fourth-order valence-corrected chi connectivity index (χ4v) is 2.86. The Labute approximate surface area is 97.3 Å². The van der Waals surface area contributed by atoms with Crippen molar-refractivity contribution in [2.45, 2.75) is 13.3 Å². The maximum absolute atomic E-state index is 10.8. The van der Waals surface area contributed by atoms with E-state index in [9.17, 15) is 4.79 Å². The summed E-state index contributed by atoms with van der Waals surface area (Å²) in [7, 11) is 1.62. The molecule has 0 atom stereocenters. The molecule has 0 unspecified atom stereocenters. The van der Waals surface area contributed by atoms with Gasteiger partial charge < -0.3 is 9.84 Å². The first-order valence-electron chi connectivity index (χ1n) is 4.89. The fraction of sp³-hybridized carbons (Fsp3) is 0.250. The molecule has 1 heterocycles. The molecule has 0 saturated heterocycles. The van der Waals surface area contributed by atoms with Crippen LogP contribution in [0.25, 0.3) is 10.1 Å². The van der Waals surface area contributed by atoms with Crippen LogP contribution < -0.4 is 4.74 Å². The van der Waals surface area contributed by atoms with Crippen molar-refractivity contribution in [2.24, 2.45) is 0 Å². The summed E-state index contributed by atoms with van der Waals surface area (Å²) in [5, 5.41) is 9.87. The van der Waals surface area contributed by atoms with Crippen molar-refractivity contribution in [1.29, 1.82) is 0 Å². The Morgan fingerprint density at radius 2 is 2.25 bits per heavy atom. The van der Waals surface area contributed by atoms with E-state index in [0.29, 0.717) is 0 Å². The topological polar surface area (TPSA) is 46.5 Å². The summed E-state index contributed by atoms with van der Waals surface area (Å²) in [6.07, 6.45) is 0.0815. The van der Waals surface area contributed by atoms with Gasteiger partial charge in [-0.2, -0.15) is 0 Å². The first kappa shape index (κ1) is 11.0. The molecule has 1 aromatic carbocycles. The Kier molecular flexibility index (Phi) is 2.83. The van der Waals surface area contributed by atoms with Crippen molar-refractivity contribution >= 4 is 27.4 Å². The monoisotopic (exact) mass is 236 g/mol. The van der Waals surface area contributed by atoms with E-state index >= 15 is 0 Å². The van der Waals surface area contributed by atoms with Crippen LogP contribution >= 0.6 is 11.3 Å². The van der Waals surface area contributed by atoms with Crippen LogP contribution in [0.15, 0.2) is 18.2 Å². The zero-order chi connectivity index (χ0) is 11.7. The third-order valence-corrected chi connectivity index (χ3v) is 3.64. The first-order chi connectivity index (χ1) is 7.61. The molecule has 0 bridgehead atoms. The Morgan fingerprint density at radius 1 is 1.50 bits per heavy atom. The lowest BCUT2D eigenvalue weighted by atomic mass is 10.1. The quantitative estimate of drug-likeness (QED) is 0.891. The normalized spacial score (nSPS) is 10.6. The van der Waals surface area contributed by atoms with Crippen molar-refractivity contribution in [1.82, 2.24) is 0 Å². The average molecular weight is 236 g/mol. The van der Waals surface area contributed by atoms with Gasteiger partial charge in [-0.25, -0.2) is 0 Å². The maximum atomic E-state index is 10.8. The van der Waals surface area contributed by atoms with E-state index in [0.717, 1.165) is 26.3 Å². The number of carboxylic acid groups (broad SMARTS) is 1. The van der Waals surface area contributed by atoms with Crippen LogP contribution in [0.1, 0.15) is 10.4 Å². The number of methoxy groups -OCH3 is 1. The second-order valence-electron chi connectivity index (χ2n) is 3.57. The molecular formula is C12H12O3S. The molecule has 84 valence electrons. The number of hydrogen-bond acceptors (Lipinski definition) is 3. The highest BCUT2D eigenvalue weighted by Gasteiger charge is 2.12. The number of benzene rings is 1. The Bertz CT molecular complexity index is 542. The molecule has 1 N–H and O–H groups in total. The molecule has 0 spiro atoms. The van der Waals surface area contributed by atoms with Crippen LogP contribution in [0.3, 0.4) is 0 Å². The molecule has 0 aliphatic carbocycles. The zero-order valence-electron chi connectivity index (χ0n) is 9.11. The van der Waals surface area contributed by atoms with Crippen LogP contribution in [-0.4, -0.2) is 18.2 Å². The second kappa shape index (κ2) is 4.14.